The number of nitrogens with zero attached hydrogens (tertiary/aromatic N) is 3. The van der Waals surface area contributed by atoms with E-state index in [-0.39, 0.29) is 5.91 Å². The van der Waals surface area contributed by atoms with E-state index in [0.717, 1.165) is 33.4 Å². The molecule has 0 bridgehead atoms. The summed E-state index contributed by atoms with van der Waals surface area (Å²) in [5.41, 5.74) is 6.65. The van der Waals surface area contributed by atoms with Crippen molar-refractivity contribution in [3.63, 3.8) is 0 Å². The Morgan fingerprint density at radius 2 is 1.96 bits per heavy atom. The second-order valence-corrected chi connectivity index (χ2v) is 6.54. The van der Waals surface area contributed by atoms with Gasteiger partial charge in [-0.15, -0.1) is 0 Å². The third-order valence-electron chi connectivity index (χ3n) is 4.73. The van der Waals surface area contributed by atoms with Crippen LogP contribution in [0.5, 0.6) is 0 Å². The van der Waals surface area contributed by atoms with Crippen LogP contribution < -0.4 is 0 Å². The van der Waals surface area contributed by atoms with Crippen LogP contribution in [0.1, 0.15) is 32.6 Å². The zero-order valence-corrected chi connectivity index (χ0v) is 14.4. The van der Waals surface area contributed by atoms with E-state index in [9.17, 15) is 4.79 Å². The molecule has 3 aromatic rings. The Balaban J connectivity index is 1.62. The summed E-state index contributed by atoms with van der Waals surface area (Å²) < 4.78 is 0. The highest BCUT2D eigenvalue weighted by atomic mass is 16.2. The van der Waals surface area contributed by atoms with Crippen LogP contribution in [-0.2, 0) is 13.1 Å². The standard InChI is InChI=1S/C22H17N3O/c1-15-9-19(18-3-2-8-24-12-18)10-20-14-25(22(26)21(15)20)13-17-6-4-16(11-23)5-7-17/h2-10,12H,13-14H2,1H3. The molecule has 1 amide bonds. The predicted molar refractivity (Wildman–Crippen MR) is 99.1 cm³/mol. The highest BCUT2D eigenvalue weighted by Crippen LogP contribution is 2.32. The topological polar surface area (TPSA) is 57.0 Å². The number of amides is 1. The molecule has 126 valence electrons. The minimum atomic E-state index is 0.0691. The Morgan fingerprint density at radius 1 is 1.15 bits per heavy atom. The van der Waals surface area contributed by atoms with E-state index in [1.54, 1.807) is 18.3 Å². The molecule has 0 atom stereocenters. The summed E-state index contributed by atoms with van der Waals surface area (Å²) in [7, 11) is 0. The smallest absolute Gasteiger partial charge is 0.255 e. The van der Waals surface area contributed by atoms with Gasteiger partial charge in [0.2, 0.25) is 0 Å². The lowest BCUT2D eigenvalue weighted by atomic mass is 9.97. The fourth-order valence-corrected chi connectivity index (χ4v) is 3.46. The minimum absolute atomic E-state index is 0.0691. The average molecular weight is 339 g/mol. The molecule has 4 rings (SSSR count). The number of carbonyl (C=O) groups is 1. The molecule has 0 aliphatic carbocycles. The van der Waals surface area contributed by atoms with Crippen LogP contribution in [0.3, 0.4) is 0 Å². The number of nitriles is 1. The van der Waals surface area contributed by atoms with Crippen molar-refractivity contribution >= 4 is 5.91 Å². The summed E-state index contributed by atoms with van der Waals surface area (Å²) in [4.78, 5) is 18.9. The van der Waals surface area contributed by atoms with E-state index in [0.29, 0.717) is 18.7 Å². The fraction of sp³-hybridized carbons (Fsp3) is 0.136. The molecule has 0 radical (unpaired) electrons. The molecule has 2 aromatic carbocycles. The van der Waals surface area contributed by atoms with Gasteiger partial charge in [0, 0.05) is 36.6 Å². The van der Waals surface area contributed by atoms with E-state index in [2.05, 4.69) is 23.2 Å². The maximum atomic E-state index is 12.9. The Kier molecular flexibility index (Phi) is 3.98. The monoisotopic (exact) mass is 339 g/mol. The third kappa shape index (κ3) is 2.84. The van der Waals surface area contributed by atoms with Crippen LogP contribution in [0.15, 0.2) is 60.9 Å². The van der Waals surface area contributed by atoms with Crippen molar-refractivity contribution in [1.82, 2.24) is 9.88 Å². The van der Waals surface area contributed by atoms with Gasteiger partial charge in [0.15, 0.2) is 0 Å². The molecular formula is C22H17N3O. The number of aromatic nitrogens is 1. The SMILES string of the molecule is Cc1cc(-c2cccnc2)cc2c1C(=O)N(Cc1ccc(C#N)cc1)C2. The van der Waals surface area contributed by atoms with Gasteiger partial charge in [-0.3, -0.25) is 9.78 Å². The highest BCUT2D eigenvalue weighted by molar-refractivity contribution is 6.00. The molecule has 0 spiro atoms. The quantitative estimate of drug-likeness (QED) is 0.722. The summed E-state index contributed by atoms with van der Waals surface area (Å²) in [5, 5.41) is 8.90. The van der Waals surface area contributed by atoms with Gasteiger partial charge >= 0.3 is 0 Å². The van der Waals surface area contributed by atoms with Gasteiger partial charge in [0.25, 0.3) is 5.91 Å². The predicted octanol–water partition coefficient (Wildman–Crippen LogP) is 4.08. The molecule has 26 heavy (non-hydrogen) atoms. The Morgan fingerprint density at radius 3 is 2.65 bits per heavy atom. The Hall–Kier alpha value is -3.45. The second-order valence-electron chi connectivity index (χ2n) is 6.54. The van der Waals surface area contributed by atoms with Crippen molar-refractivity contribution < 1.29 is 4.79 Å². The van der Waals surface area contributed by atoms with Gasteiger partial charge in [-0.1, -0.05) is 24.3 Å². The van der Waals surface area contributed by atoms with Crippen molar-refractivity contribution in [1.29, 1.82) is 5.26 Å². The Labute approximate surface area is 152 Å². The van der Waals surface area contributed by atoms with Crippen LogP contribution in [0.4, 0.5) is 0 Å². The molecule has 0 saturated heterocycles. The molecule has 0 saturated carbocycles. The first kappa shape index (κ1) is 16.0. The molecule has 0 unspecified atom stereocenters. The van der Waals surface area contributed by atoms with Gasteiger partial charge in [0.05, 0.1) is 11.6 Å². The molecule has 4 nitrogen and oxygen atoms in total. The lowest BCUT2D eigenvalue weighted by molar-refractivity contribution is 0.0766. The van der Waals surface area contributed by atoms with Crippen molar-refractivity contribution in [3.05, 3.63) is 88.7 Å². The van der Waals surface area contributed by atoms with Gasteiger partial charge in [-0.25, -0.2) is 0 Å². The number of rotatable bonds is 3. The molecule has 0 fully saturated rings. The van der Waals surface area contributed by atoms with Gasteiger partial charge < -0.3 is 4.90 Å². The molecule has 4 heteroatoms. The molecule has 1 aliphatic rings. The number of carbonyl (C=O) groups excluding carboxylic acids is 1. The summed E-state index contributed by atoms with van der Waals surface area (Å²) in [6.07, 6.45) is 3.60. The summed E-state index contributed by atoms with van der Waals surface area (Å²) in [6.45, 7) is 3.13. The molecular weight excluding hydrogens is 322 g/mol. The first-order chi connectivity index (χ1) is 12.7. The second kappa shape index (κ2) is 6.45. The molecule has 2 heterocycles. The zero-order valence-electron chi connectivity index (χ0n) is 14.4. The van der Waals surface area contributed by atoms with Crippen molar-refractivity contribution in [2.75, 3.05) is 0 Å². The number of aryl methyl sites for hydroxylation is 1. The molecule has 1 aliphatic heterocycles. The number of hydrogen-bond donors (Lipinski definition) is 0. The number of fused-ring (bicyclic) bond motifs is 1. The van der Waals surface area contributed by atoms with Gasteiger partial charge in [0.1, 0.15) is 0 Å². The van der Waals surface area contributed by atoms with Gasteiger partial charge in [-0.05, 0) is 53.4 Å². The number of benzene rings is 2. The summed E-state index contributed by atoms with van der Waals surface area (Å²) in [6, 6.07) is 17.6. The van der Waals surface area contributed by atoms with E-state index >= 15 is 0 Å². The lowest BCUT2D eigenvalue weighted by Crippen LogP contribution is -2.23. The van der Waals surface area contributed by atoms with Crippen LogP contribution in [-0.4, -0.2) is 15.8 Å². The summed E-state index contributed by atoms with van der Waals surface area (Å²) >= 11 is 0. The lowest BCUT2D eigenvalue weighted by Gasteiger charge is -2.15. The third-order valence-corrected chi connectivity index (χ3v) is 4.73. The highest BCUT2D eigenvalue weighted by Gasteiger charge is 2.29. The maximum absolute atomic E-state index is 12.9. The van der Waals surface area contributed by atoms with Crippen molar-refractivity contribution in [3.8, 4) is 17.2 Å². The van der Waals surface area contributed by atoms with Crippen LogP contribution in [0, 0.1) is 18.3 Å². The van der Waals surface area contributed by atoms with E-state index in [1.807, 2.05) is 42.3 Å². The van der Waals surface area contributed by atoms with Crippen LogP contribution in [0.2, 0.25) is 0 Å². The van der Waals surface area contributed by atoms with Crippen LogP contribution >= 0.6 is 0 Å². The van der Waals surface area contributed by atoms with Crippen molar-refractivity contribution in [2.45, 2.75) is 20.0 Å². The zero-order chi connectivity index (χ0) is 18.1. The Bertz CT molecular complexity index is 1020. The van der Waals surface area contributed by atoms with Crippen molar-refractivity contribution in [2.24, 2.45) is 0 Å². The van der Waals surface area contributed by atoms with Crippen LogP contribution in [0.25, 0.3) is 11.1 Å². The molecule has 1 aromatic heterocycles. The largest absolute Gasteiger partial charge is 0.330 e. The first-order valence-electron chi connectivity index (χ1n) is 8.48. The van der Waals surface area contributed by atoms with E-state index in [4.69, 9.17) is 5.26 Å². The molecule has 0 N–H and O–H groups in total. The first-order valence-corrected chi connectivity index (χ1v) is 8.48. The van der Waals surface area contributed by atoms with E-state index < -0.39 is 0 Å². The van der Waals surface area contributed by atoms with E-state index in [1.165, 1.54) is 0 Å². The van der Waals surface area contributed by atoms with Gasteiger partial charge in [-0.2, -0.15) is 5.26 Å². The number of hydrogen-bond acceptors (Lipinski definition) is 3. The minimum Gasteiger partial charge on any atom is -0.330 e. The maximum Gasteiger partial charge on any atom is 0.255 e. The normalized spacial score (nSPS) is 12.8. The average Bonchev–Trinajstić information content (AvgIpc) is 2.99. The fourth-order valence-electron chi connectivity index (χ4n) is 3.46. The summed E-state index contributed by atoms with van der Waals surface area (Å²) in [5.74, 6) is 0.0691. The number of pyridine rings is 1.